The number of nitrogens with two attached hydrogens (primary N) is 1. The Kier molecular flexibility index (Phi) is 8.11. The third-order valence-corrected chi connectivity index (χ3v) is 3.70. The molecular formula is C17H26N2O4. The lowest BCUT2D eigenvalue weighted by atomic mass is 9.96. The lowest BCUT2D eigenvalue weighted by Gasteiger charge is -2.17. The van der Waals surface area contributed by atoms with Crippen molar-refractivity contribution in [1.29, 1.82) is 0 Å². The van der Waals surface area contributed by atoms with Crippen molar-refractivity contribution < 1.29 is 19.8 Å². The first-order chi connectivity index (χ1) is 10.9. The van der Waals surface area contributed by atoms with Crippen LogP contribution < -0.4 is 11.1 Å². The summed E-state index contributed by atoms with van der Waals surface area (Å²) in [5.41, 5.74) is 6.24. The SMILES string of the molecule is CCCCNC(=O)[C@H](C[C@@H](O)CCc1ccc(O)cc1)C(N)=O. The van der Waals surface area contributed by atoms with Crippen molar-refractivity contribution in [2.24, 2.45) is 11.7 Å². The zero-order chi connectivity index (χ0) is 17.2. The van der Waals surface area contributed by atoms with Gasteiger partial charge in [-0.3, -0.25) is 9.59 Å². The minimum Gasteiger partial charge on any atom is -0.508 e. The molecule has 1 aromatic rings. The normalized spacial score (nSPS) is 13.3. The van der Waals surface area contributed by atoms with E-state index in [-0.39, 0.29) is 12.2 Å². The van der Waals surface area contributed by atoms with E-state index in [2.05, 4.69) is 5.32 Å². The Morgan fingerprint density at radius 1 is 1.26 bits per heavy atom. The van der Waals surface area contributed by atoms with Crippen LogP contribution in [-0.2, 0) is 16.0 Å². The van der Waals surface area contributed by atoms with Crippen molar-refractivity contribution in [3.8, 4) is 5.75 Å². The summed E-state index contributed by atoms with van der Waals surface area (Å²) in [6, 6.07) is 6.69. The van der Waals surface area contributed by atoms with Crippen LogP contribution in [-0.4, -0.2) is 34.7 Å². The smallest absolute Gasteiger partial charge is 0.232 e. The fraction of sp³-hybridized carbons (Fsp3) is 0.529. The molecule has 128 valence electrons. The molecule has 5 N–H and O–H groups in total. The third-order valence-electron chi connectivity index (χ3n) is 3.70. The molecule has 2 atom stereocenters. The van der Waals surface area contributed by atoms with Crippen LogP contribution in [0.2, 0.25) is 0 Å². The van der Waals surface area contributed by atoms with Crippen LogP contribution >= 0.6 is 0 Å². The van der Waals surface area contributed by atoms with Crippen LogP contribution in [0.1, 0.15) is 38.2 Å². The standard InChI is InChI=1S/C17H26N2O4/c1-2-3-10-19-17(23)15(16(18)22)11-14(21)9-6-12-4-7-13(20)8-5-12/h4-5,7-8,14-15,20-21H,2-3,6,9-11H2,1H3,(H2,18,22)(H,19,23)/t14-,15+/m0/s1. The van der Waals surface area contributed by atoms with Crippen LogP contribution in [0.25, 0.3) is 0 Å². The maximum absolute atomic E-state index is 12.0. The number of aliphatic hydroxyl groups excluding tert-OH is 1. The van der Waals surface area contributed by atoms with Crippen LogP contribution in [0.4, 0.5) is 0 Å². The number of amides is 2. The summed E-state index contributed by atoms with van der Waals surface area (Å²) < 4.78 is 0. The average Bonchev–Trinajstić information content (AvgIpc) is 2.52. The first kappa shape index (κ1) is 19.0. The lowest BCUT2D eigenvalue weighted by Crippen LogP contribution is -2.41. The molecule has 0 aromatic heterocycles. The minimum atomic E-state index is -1.01. The number of rotatable bonds is 10. The number of nitrogens with one attached hydrogen (secondary N) is 1. The number of aliphatic hydroxyl groups is 1. The number of aromatic hydroxyl groups is 1. The zero-order valence-electron chi connectivity index (χ0n) is 13.5. The van der Waals surface area contributed by atoms with Crippen LogP contribution in [0.15, 0.2) is 24.3 Å². The summed E-state index contributed by atoms with van der Waals surface area (Å²) in [7, 11) is 0. The van der Waals surface area contributed by atoms with Gasteiger partial charge < -0.3 is 21.3 Å². The van der Waals surface area contributed by atoms with E-state index in [4.69, 9.17) is 5.73 Å². The number of aryl methyl sites for hydroxylation is 1. The molecule has 6 heteroatoms. The lowest BCUT2D eigenvalue weighted by molar-refractivity contribution is -0.134. The van der Waals surface area contributed by atoms with Crippen LogP contribution in [0.3, 0.4) is 0 Å². The highest BCUT2D eigenvalue weighted by atomic mass is 16.3. The maximum atomic E-state index is 12.0. The highest BCUT2D eigenvalue weighted by Crippen LogP contribution is 2.15. The Morgan fingerprint density at radius 3 is 2.48 bits per heavy atom. The highest BCUT2D eigenvalue weighted by molar-refractivity contribution is 5.99. The molecule has 1 rings (SSSR count). The summed E-state index contributed by atoms with van der Waals surface area (Å²) in [6.07, 6.45) is 2.00. The molecule has 1 aromatic carbocycles. The molecule has 0 unspecified atom stereocenters. The van der Waals surface area contributed by atoms with Crippen molar-refractivity contribution in [3.63, 3.8) is 0 Å². The van der Waals surface area contributed by atoms with Crippen LogP contribution in [0, 0.1) is 5.92 Å². The van der Waals surface area contributed by atoms with Gasteiger partial charge in [0.25, 0.3) is 0 Å². The molecule has 23 heavy (non-hydrogen) atoms. The van der Waals surface area contributed by atoms with Gasteiger partial charge in [0, 0.05) is 6.54 Å². The Labute approximate surface area is 136 Å². The number of benzene rings is 1. The van der Waals surface area contributed by atoms with E-state index in [9.17, 15) is 19.8 Å². The van der Waals surface area contributed by atoms with Crippen molar-refractivity contribution in [2.45, 2.75) is 45.1 Å². The number of unbranched alkanes of at least 4 members (excludes halogenated alkanes) is 1. The molecule has 0 bridgehead atoms. The van der Waals surface area contributed by atoms with E-state index in [1.807, 2.05) is 6.92 Å². The molecule has 0 aliphatic rings. The number of hydrogen-bond donors (Lipinski definition) is 4. The molecule has 0 aliphatic carbocycles. The van der Waals surface area contributed by atoms with Gasteiger partial charge in [-0.2, -0.15) is 0 Å². The van der Waals surface area contributed by atoms with E-state index < -0.39 is 23.8 Å². The molecule has 0 aliphatic heterocycles. The maximum Gasteiger partial charge on any atom is 0.232 e. The van der Waals surface area contributed by atoms with Crippen molar-refractivity contribution in [1.82, 2.24) is 5.32 Å². The topological polar surface area (TPSA) is 113 Å². The number of phenols is 1. The van der Waals surface area contributed by atoms with Gasteiger partial charge in [-0.25, -0.2) is 0 Å². The second kappa shape index (κ2) is 9.84. The first-order valence-corrected chi connectivity index (χ1v) is 7.97. The van der Waals surface area contributed by atoms with Gasteiger partial charge in [0.15, 0.2) is 0 Å². The molecule has 0 saturated heterocycles. The second-order valence-corrected chi connectivity index (χ2v) is 5.69. The summed E-state index contributed by atoms with van der Waals surface area (Å²) in [6.45, 7) is 2.51. The van der Waals surface area contributed by atoms with Gasteiger partial charge >= 0.3 is 0 Å². The fourth-order valence-electron chi connectivity index (χ4n) is 2.25. The minimum absolute atomic E-state index is 0.0192. The van der Waals surface area contributed by atoms with Gasteiger partial charge in [-0.1, -0.05) is 25.5 Å². The molecule has 0 spiro atoms. The first-order valence-electron chi connectivity index (χ1n) is 7.97. The summed E-state index contributed by atoms with van der Waals surface area (Å²) >= 11 is 0. The Morgan fingerprint density at radius 2 is 1.91 bits per heavy atom. The van der Waals surface area contributed by atoms with E-state index in [0.29, 0.717) is 19.4 Å². The number of primary amides is 1. The molecule has 0 radical (unpaired) electrons. The average molecular weight is 322 g/mol. The number of phenolic OH excluding ortho intramolecular Hbond substituents is 1. The van der Waals surface area contributed by atoms with Gasteiger partial charge in [-0.05, 0) is 43.4 Å². The monoisotopic (exact) mass is 322 g/mol. The van der Waals surface area contributed by atoms with E-state index in [1.165, 1.54) is 0 Å². The van der Waals surface area contributed by atoms with Gasteiger partial charge in [-0.15, -0.1) is 0 Å². The predicted molar refractivity (Wildman–Crippen MR) is 87.7 cm³/mol. The van der Waals surface area contributed by atoms with Crippen molar-refractivity contribution >= 4 is 11.8 Å². The number of carbonyl (C=O) groups excluding carboxylic acids is 2. The van der Waals surface area contributed by atoms with Gasteiger partial charge in [0.1, 0.15) is 11.7 Å². The van der Waals surface area contributed by atoms with E-state index in [1.54, 1.807) is 24.3 Å². The quantitative estimate of drug-likeness (QED) is 0.381. The summed E-state index contributed by atoms with van der Waals surface area (Å²) in [5, 5.41) is 22.0. The Hall–Kier alpha value is -2.08. The largest absolute Gasteiger partial charge is 0.508 e. The highest BCUT2D eigenvalue weighted by Gasteiger charge is 2.26. The predicted octanol–water partition coefficient (Wildman–Crippen LogP) is 1.09. The molecule has 0 fully saturated rings. The van der Waals surface area contributed by atoms with E-state index in [0.717, 1.165) is 18.4 Å². The van der Waals surface area contributed by atoms with Crippen LogP contribution in [0.5, 0.6) is 5.75 Å². The van der Waals surface area contributed by atoms with Crippen molar-refractivity contribution in [2.75, 3.05) is 6.54 Å². The Balaban J connectivity index is 2.46. The van der Waals surface area contributed by atoms with Crippen molar-refractivity contribution in [3.05, 3.63) is 29.8 Å². The second-order valence-electron chi connectivity index (χ2n) is 5.69. The van der Waals surface area contributed by atoms with Gasteiger partial charge in [0.05, 0.1) is 6.10 Å². The number of hydrogen-bond acceptors (Lipinski definition) is 4. The van der Waals surface area contributed by atoms with Gasteiger partial charge in [0.2, 0.25) is 11.8 Å². The molecular weight excluding hydrogens is 296 g/mol. The fourth-order valence-corrected chi connectivity index (χ4v) is 2.25. The number of carbonyl (C=O) groups is 2. The molecule has 0 heterocycles. The zero-order valence-corrected chi connectivity index (χ0v) is 13.5. The Bertz CT molecular complexity index is 502. The summed E-state index contributed by atoms with van der Waals surface area (Å²) in [4.78, 5) is 23.4. The summed E-state index contributed by atoms with van der Waals surface area (Å²) in [5.74, 6) is -1.97. The molecule has 2 amide bonds. The molecule has 0 saturated carbocycles. The third kappa shape index (κ3) is 7.15. The van der Waals surface area contributed by atoms with E-state index >= 15 is 0 Å². The molecule has 6 nitrogen and oxygen atoms in total.